The fraction of sp³-hybridized carbons (Fsp3) is 0.167. The van der Waals surface area contributed by atoms with E-state index in [0.29, 0.717) is 11.6 Å². The molecule has 0 saturated carbocycles. The lowest BCUT2D eigenvalue weighted by Crippen LogP contribution is -2.12. The molecule has 0 radical (unpaired) electrons. The Morgan fingerprint density at radius 1 is 1.56 bits per heavy atom. The second kappa shape index (κ2) is 5.41. The molecule has 0 saturated heterocycles. The largest absolute Gasteiger partial charge is 0.507 e. The number of carbonyl (C=O) groups is 1. The maximum Gasteiger partial charge on any atom is 0.261 e. The second-order valence-corrected chi connectivity index (χ2v) is 5.44. The van der Waals surface area contributed by atoms with Crippen molar-refractivity contribution in [2.45, 2.75) is 17.6 Å². The third-order valence-corrected chi connectivity index (χ3v) is 3.56. The van der Waals surface area contributed by atoms with Gasteiger partial charge in [0.05, 0.1) is 16.0 Å². The molecule has 1 aromatic heterocycles. The van der Waals surface area contributed by atoms with Crippen LogP contribution in [0.2, 0.25) is 0 Å². The van der Waals surface area contributed by atoms with Crippen molar-refractivity contribution in [2.75, 3.05) is 5.32 Å². The number of aryl methyl sites for hydroxylation is 1. The summed E-state index contributed by atoms with van der Waals surface area (Å²) in [6.45, 7) is 1.92. The van der Waals surface area contributed by atoms with E-state index >= 15 is 0 Å². The average molecular weight is 280 g/mol. The summed E-state index contributed by atoms with van der Waals surface area (Å²) in [6, 6.07) is 5.12. The normalized spacial score (nSPS) is 10.3. The predicted molar refractivity (Wildman–Crippen MR) is 74.8 cm³/mol. The lowest BCUT2D eigenvalue weighted by molar-refractivity contribution is 0.102. The molecule has 2 rings (SSSR count). The Bertz CT molecular complexity index is 581. The van der Waals surface area contributed by atoms with E-state index in [1.165, 1.54) is 11.3 Å². The van der Waals surface area contributed by atoms with Crippen molar-refractivity contribution in [3.63, 3.8) is 0 Å². The molecule has 1 amide bonds. The van der Waals surface area contributed by atoms with E-state index in [4.69, 9.17) is 0 Å². The molecule has 0 aliphatic rings. The van der Waals surface area contributed by atoms with Crippen LogP contribution in [-0.2, 0) is 6.42 Å². The Kier molecular flexibility index (Phi) is 3.88. The number of hydrogen-bond donors (Lipinski definition) is 3. The highest BCUT2D eigenvalue weighted by atomic mass is 32.2. The number of rotatable bonds is 3. The predicted octanol–water partition coefficient (Wildman–Crippen LogP) is 2.95. The zero-order valence-corrected chi connectivity index (χ0v) is 11.4. The number of thiazole rings is 1. The molecule has 0 aliphatic carbocycles. The number of aromatic nitrogens is 1. The number of para-hydroxylation sites is 1. The second-order valence-electron chi connectivity index (χ2n) is 3.62. The smallest absolute Gasteiger partial charge is 0.261 e. The highest BCUT2D eigenvalue weighted by molar-refractivity contribution is 7.83. The van der Waals surface area contributed by atoms with Crippen LogP contribution in [0.15, 0.2) is 28.6 Å². The van der Waals surface area contributed by atoms with Gasteiger partial charge >= 0.3 is 0 Å². The summed E-state index contributed by atoms with van der Waals surface area (Å²) < 4.78 is 0.719. The van der Waals surface area contributed by atoms with Gasteiger partial charge in [-0.1, -0.05) is 30.4 Å². The number of amides is 1. The number of nitrogens with zero attached hydrogens (tertiary/aromatic N) is 1. The molecule has 6 heteroatoms. The van der Waals surface area contributed by atoms with Crippen LogP contribution in [0.1, 0.15) is 22.8 Å². The zero-order valence-electron chi connectivity index (χ0n) is 9.67. The summed E-state index contributed by atoms with van der Waals surface area (Å²) in [7, 11) is 0. The first-order chi connectivity index (χ1) is 8.61. The molecule has 0 spiro atoms. The van der Waals surface area contributed by atoms with Crippen LogP contribution in [0.5, 0.6) is 5.75 Å². The average Bonchev–Trinajstić information content (AvgIpc) is 2.75. The lowest BCUT2D eigenvalue weighted by Gasteiger charge is -2.07. The first-order valence-electron chi connectivity index (χ1n) is 5.38. The lowest BCUT2D eigenvalue weighted by atomic mass is 10.1. The number of phenols is 1. The Morgan fingerprint density at radius 3 is 2.94 bits per heavy atom. The molecule has 94 valence electrons. The van der Waals surface area contributed by atoms with E-state index < -0.39 is 0 Å². The molecule has 18 heavy (non-hydrogen) atoms. The van der Waals surface area contributed by atoms with Crippen molar-refractivity contribution in [3.8, 4) is 5.75 Å². The summed E-state index contributed by atoms with van der Waals surface area (Å²) in [5.41, 5.74) is 1.00. The summed E-state index contributed by atoms with van der Waals surface area (Å²) >= 11 is 5.39. The van der Waals surface area contributed by atoms with Crippen LogP contribution in [-0.4, -0.2) is 16.0 Å². The molecule has 0 fully saturated rings. The van der Waals surface area contributed by atoms with E-state index in [-0.39, 0.29) is 17.2 Å². The van der Waals surface area contributed by atoms with Crippen LogP contribution in [0, 0.1) is 0 Å². The van der Waals surface area contributed by atoms with Crippen LogP contribution in [0.25, 0.3) is 0 Å². The van der Waals surface area contributed by atoms with Gasteiger partial charge in [-0.25, -0.2) is 4.98 Å². The van der Waals surface area contributed by atoms with Gasteiger partial charge in [-0.2, -0.15) is 0 Å². The van der Waals surface area contributed by atoms with Crippen LogP contribution in [0.4, 0.5) is 5.13 Å². The first kappa shape index (κ1) is 12.9. The fourth-order valence-corrected chi connectivity index (χ4v) is 2.42. The Hall–Kier alpha value is -1.53. The van der Waals surface area contributed by atoms with E-state index in [0.717, 1.165) is 9.77 Å². The summed E-state index contributed by atoms with van der Waals surface area (Å²) in [5.74, 6) is -0.342. The van der Waals surface area contributed by atoms with Gasteiger partial charge < -0.3 is 5.11 Å². The number of carbonyl (C=O) groups excluding carboxylic acids is 1. The number of nitrogens with one attached hydrogen (secondary N) is 1. The first-order valence-corrected chi connectivity index (χ1v) is 6.65. The van der Waals surface area contributed by atoms with Crippen LogP contribution >= 0.6 is 24.0 Å². The molecule has 1 aromatic carbocycles. The summed E-state index contributed by atoms with van der Waals surface area (Å²) in [5, 5.41) is 13.0. The van der Waals surface area contributed by atoms with Gasteiger partial charge in [-0.3, -0.25) is 10.1 Å². The van der Waals surface area contributed by atoms with Crippen molar-refractivity contribution < 1.29 is 9.90 Å². The monoisotopic (exact) mass is 280 g/mol. The number of thiol groups is 1. The van der Waals surface area contributed by atoms with Crippen molar-refractivity contribution in [1.82, 2.24) is 4.98 Å². The maximum absolute atomic E-state index is 12.0. The number of anilines is 1. The van der Waals surface area contributed by atoms with Crippen LogP contribution in [0.3, 0.4) is 0 Å². The maximum atomic E-state index is 12.0. The topological polar surface area (TPSA) is 62.2 Å². The Balaban J connectivity index is 2.24. The van der Waals surface area contributed by atoms with E-state index in [9.17, 15) is 9.90 Å². The van der Waals surface area contributed by atoms with E-state index in [1.54, 1.807) is 24.4 Å². The summed E-state index contributed by atoms with van der Waals surface area (Å²) in [6.07, 6.45) is 2.23. The molecule has 0 bridgehead atoms. The number of benzene rings is 1. The zero-order chi connectivity index (χ0) is 13.1. The Labute approximate surface area is 114 Å². The quantitative estimate of drug-likeness (QED) is 0.757. The highest BCUT2D eigenvalue weighted by Crippen LogP contribution is 2.25. The molecule has 2 aromatic rings. The van der Waals surface area contributed by atoms with Gasteiger partial charge in [-0.15, -0.1) is 12.6 Å². The van der Waals surface area contributed by atoms with Gasteiger partial charge in [0.15, 0.2) is 5.13 Å². The number of aromatic hydroxyl groups is 1. The Morgan fingerprint density at radius 2 is 2.33 bits per heavy atom. The molecule has 1 heterocycles. The molecular formula is C12H12N2O2S2. The van der Waals surface area contributed by atoms with Gasteiger partial charge in [0.1, 0.15) is 5.75 Å². The molecule has 0 atom stereocenters. The molecule has 2 N–H and O–H groups in total. The van der Waals surface area contributed by atoms with E-state index in [1.807, 2.05) is 6.92 Å². The minimum Gasteiger partial charge on any atom is -0.507 e. The number of phenolic OH excluding ortho intramolecular Hbond substituents is 1. The van der Waals surface area contributed by atoms with Crippen molar-refractivity contribution in [3.05, 3.63) is 35.5 Å². The summed E-state index contributed by atoms with van der Waals surface area (Å²) in [4.78, 5) is 16.0. The minimum absolute atomic E-state index is 0.0279. The minimum atomic E-state index is -0.370. The molecule has 0 unspecified atom stereocenters. The van der Waals surface area contributed by atoms with Gasteiger partial charge in [0.25, 0.3) is 5.91 Å². The molecular weight excluding hydrogens is 268 g/mol. The number of hydrogen-bond acceptors (Lipinski definition) is 5. The third kappa shape index (κ3) is 2.65. The van der Waals surface area contributed by atoms with Gasteiger partial charge in [-0.05, 0) is 18.1 Å². The van der Waals surface area contributed by atoms with Crippen molar-refractivity contribution in [2.24, 2.45) is 0 Å². The highest BCUT2D eigenvalue weighted by Gasteiger charge is 2.14. The third-order valence-electron chi connectivity index (χ3n) is 2.46. The SMILES string of the molecule is CCc1cccc(C(=O)Nc2ncc(S)s2)c1O. The van der Waals surface area contributed by atoms with Gasteiger partial charge in [0.2, 0.25) is 0 Å². The molecule has 4 nitrogen and oxygen atoms in total. The molecule has 0 aliphatic heterocycles. The standard InChI is InChI=1S/C12H12N2O2S2/c1-2-7-4-3-5-8(10(7)15)11(16)14-12-13-6-9(17)18-12/h3-6,15,17H,2H2,1H3,(H,13,14,16). The van der Waals surface area contributed by atoms with Crippen molar-refractivity contribution in [1.29, 1.82) is 0 Å². The van der Waals surface area contributed by atoms with E-state index in [2.05, 4.69) is 22.9 Å². The van der Waals surface area contributed by atoms with Gasteiger partial charge in [0, 0.05) is 0 Å². The fourth-order valence-electron chi connectivity index (χ4n) is 1.55. The van der Waals surface area contributed by atoms with Crippen LogP contribution < -0.4 is 5.32 Å². The van der Waals surface area contributed by atoms with Crippen molar-refractivity contribution >= 4 is 35.0 Å².